The van der Waals surface area contributed by atoms with E-state index in [-0.39, 0.29) is 5.91 Å². The number of carbonyl (C=O) groups excluding carboxylic acids is 1. The summed E-state index contributed by atoms with van der Waals surface area (Å²) in [6, 6.07) is 5.24. The summed E-state index contributed by atoms with van der Waals surface area (Å²) in [6.07, 6.45) is 8.07. The zero-order chi connectivity index (χ0) is 11.7. The Labute approximate surface area is 99.4 Å². The van der Waals surface area contributed by atoms with Gasteiger partial charge in [0, 0.05) is 17.8 Å². The van der Waals surface area contributed by atoms with Crippen LogP contribution in [0.1, 0.15) is 23.3 Å². The molecule has 0 bridgehead atoms. The van der Waals surface area contributed by atoms with Gasteiger partial charge in [0.15, 0.2) is 0 Å². The van der Waals surface area contributed by atoms with E-state index in [1.165, 1.54) is 0 Å². The van der Waals surface area contributed by atoms with Gasteiger partial charge in [0.2, 0.25) is 0 Å². The van der Waals surface area contributed by atoms with Crippen molar-refractivity contribution >= 4 is 11.6 Å². The molecule has 0 spiro atoms. The van der Waals surface area contributed by atoms with Crippen molar-refractivity contribution in [1.82, 2.24) is 10.4 Å². The Morgan fingerprint density at radius 2 is 2.41 bits per heavy atom. The number of allylic oxidation sites excluding steroid dienone is 2. The summed E-state index contributed by atoms with van der Waals surface area (Å²) in [5, 5.41) is 4.19. The molecule has 1 N–H and O–H groups in total. The van der Waals surface area contributed by atoms with E-state index in [1.807, 2.05) is 0 Å². The topological polar surface area (TPSA) is 54.4 Å². The SMILES string of the molecule is O=C(NN=C1CC2C=CCC12)c1ccccn1. The number of aromatic nitrogens is 1. The third-order valence-corrected chi connectivity index (χ3v) is 3.36. The quantitative estimate of drug-likeness (QED) is 0.618. The van der Waals surface area contributed by atoms with E-state index in [9.17, 15) is 4.79 Å². The maximum atomic E-state index is 11.7. The molecule has 1 aromatic rings. The van der Waals surface area contributed by atoms with Gasteiger partial charge in [-0.3, -0.25) is 9.78 Å². The van der Waals surface area contributed by atoms with Crippen LogP contribution in [0.3, 0.4) is 0 Å². The van der Waals surface area contributed by atoms with E-state index >= 15 is 0 Å². The van der Waals surface area contributed by atoms with Gasteiger partial charge in [-0.15, -0.1) is 0 Å². The van der Waals surface area contributed by atoms with Gasteiger partial charge in [0.25, 0.3) is 5.91 Å². The molecule has 1 fully saturated rings. The Morgan fingerprint density at radius 3 is 3.18 bits per heavy atom. The van der Waals surface area contributed by atoms with E-state index in [4.69, 9.17) is 0 Å². The fourth-order valence-corrected chi connectivity index (χ4v) is 2.34. The second-order valence-electron chi connectivity index (χ2n) is 4.40. The van der Waals surface area contributed by atoms with Gasteiger partial charge < -0.3 is 0 Å². The predicted molar refractivity (Wildman–Crippen MR) is 64.5 cm³/mol. The smallest absolute Gasteiger partial charge is 0.266 e. The maximum absolute atomic E-state index is 11.7. The molecule has 1 aromatic heterocycles. The molecule has 0 saturated heterocycles. The van der Waals surface area contributed by atoms with Gasteiger partial charge in [0.1, 0.15) is 5.69 Å². The molecule has 4 heteroatoms. The summed E-state index contributed by atoms with van der Waals surface area (Å²) in [7, 11) is 0. The van der Waals surface area contributed by atoms with Crippen molar-refractivity contribution in [2.45, 2.75) is 12.8 Å². The number of nitrogens with zero attached hydrogens (tertiary/aromatic N) is 2. The van der Waals surface area contributed by atoms with Crippen molar-refractivity contribution in [1.29, 1.82) is 0 Å². The molecule has 0 radical (unpaired) electrons. The monoisotopic (exact) mass is 227 g/mol. The number of hydrazone groups is 1. The van der Waals surface area contributed by atoms with Crippen LogP contribution in [0.4, 0.5) is 0 Å². The molecule has 86 valence electrons. The standard InChI is InChI=1S/C13H13N3O/c17-13(11-6-1-2-7-14-11)16-15-12-8-9-4-3-5-10(9)12/h1-4,6-7,9-10H,5,8H2,(H,16,17). The number of carbonyl (C=O) groups is 1. The number of hydrogen-bond acceptors (Lipinski definition) is 3. The second kappa shape index (κ2) is 4.13. The molecule has 0 aromatic carbocycles. The van der Waals surface area contributed by atoms with E-state index in [1.54, 1.807) is 24.4 Å². The first kappa shape index (κ1) is 10.2. The van der Waals surface area contributed by atoms with Gasteiger partial charge in [-0.1, -0.05) is 18.2 Å². The number of rotatable bonds is 2. The first-order valence-electron chi connectivity index (χ1n) is 5.79. The lowest BCUT2D eigenvalue weighted by Gasteiger charge is -2.31. The first-order chi connectivity index (χ1) is 8.34. The highest BCUT2D eigenvalue weighted by atomic mass is 16.2. The Hall–Kier alpha value is -1.97. The molecule has 2 aliphatic rings. The highest BCUT2D eigenvalue weighted by molar-refractivity contribution is 5.97. The van der Waals surface area contributed by atoms with Gasteiger partial charge in [-0.2, -0.15) is 5.10 Å². The van der Waals surface area contributed by atoms with Crippen molar-refractivity contribution in [2.24, 2.45) is 16.9 Å². The average molecular weight is 227 g/mol. The molecular formula is C13H13N3O. The van der Waals surface area contributed by atoms with Crippen LogP contribution in [0.2, 0.25) is 0 Å². The third kappa shape index (κ3) is 1.86. The van der Waals surface area contributed by atoms with Crippen LogP contribution >= 0.6 is 0 Å². The van der Waals surface area contributed by atoms with E-state index < -0.39 is 0 Å². The van der Waals surface area contributed by atoms with Crippen LogP contribution in [0.5, 0.6) is 0 Å². The fraction of sp³-hybridized carbons (Fsp3) is 0.308. The van der Waals surface area contributed by atoms with Crippen LogP contribution in [-0.2, 0) is 0 Å². The van der Waals surface area contributed by atoms with E-state index in [0.29, 0.717) is 17.5 Å². The minimum Gasteiger partial charge on any atom is -0.266 e. The number of hydrogen-bond donors (Lipinski definition) is 1. The lowest BCUT2D eigenvalue weighted by Crippen LogP contribution is -2.35. The molecule has 2 unspecified atom stereocenters. The molecule has 4 nitrogen and oxygen atoms in total. The van der Waals surface area contributed by atoms with Crippen molar-refractivity contribution in [3.8, 4) is 0 Å². The fourth-order valence-electron chi connectivity index (χ4n) is 2.34. The minimum atomic E-state index is -0.243. The highest BCUT2D eigenvalue weighted by Crippen LogP contribution is 2.39. The summed E-state index contributed by atoms with van der Waals surface area (Å²) >= 11 is 0. The predicted octanol–water partition coefficient (Wildman–Crippen LogP) is 1.76. The van der Waals surface area contributed by atoms with Gasteiger partial charge in [0.05, 0.1) is 0 Å². The number of fused-ring (bicyclic) bond motifs is 1. The molecule has 1 amide bonds. The number of nitrogens with one attached hydrogen (secondary N) is 1. The average Bonchev–Trinajstić information content (AvgIpc) is 2.72. The number of amides is 1. The van der Waals surface area contributed by atoms with E-state index in [0.717, 1.165) is 18.6 Å². The largest absolute Gasteiger partial charge is 0.289 e. The third-order valence-electron chi connectivity index (χ3n) is 3.36. The molecule has 17 heavy (non-hydrogen) atoms. The second-order valence-corrected chi connectivity index (χ2v) is 4.40. The van der Waals surface area contributed by atoms with Crippen LogP contribution in [0.25, 0.3) is 0 Å². The maximum Gasteiger partial charge on any atom is 0.289 e. The Kier molecular flexibility index (Phi) is 2.48. The van der Waals surface area contributed by atoms with E-state index in [2.05, 4.69) is 27.7 Å². The Balaban J connectivity index is 1.62. The number of pyridine rings is 1. The van der Waals surface area contributed by atoms with Gasteiger partial charge in [-0.05, 0) is 30.9 Å². The Bertz CT molecular complexity index is 493. The van der Waals surface area contributed by atoms with Crippen LogP contribution < -0.4 is 5.43 Å². The molecule has 1 heterocycles. The lowest BCUT2D eigenvalue weighted by atomic mass is 9.74. The normalized spacial score (nSPS) is 27.6. The van der Waals surface area contributed by atoms with Crippen molar-refractivity contribution in [3.05, 3.63) is 42.2 Å². The molecule has 2 atom stereocenters. The minimum absolute atomic E-state index is 0.243. The summed E-state index contributed by atoms with van der Waals surface area (Å²) in [5.74, 6) is 0.937. The van der Waals surface area contributed by atoms with Gasteiger partial charge >= 0.3 is 0 Å². The van der Waals surface area contributed by atoms with Crippen LogP contribution in [0.15, 0.2) is 41.6 Å². The van der Waals surface area contributed by atoms with Crippen molar-refractivity contribution < 1.29 is 4.79 Å². The summed E-state index contributed by atoms with van der Waals surface area (Å²) < 4.78 is 0. The molecule has 2 aliphatic carbocycles. The van der Waals surface area contributed by atoms with Crippen molar-refractivity contribution in [3.63, 3.8) is 0 Å². The molecular weight excluding hydrogens is 214 g/mol. The van der Waals surface area contributed by atoms with Crippen LogP contribution in [-0.4, -0.2) is 16.6 Å². The molecule has 3 rings (SSSR count). The summed E-state index contributed by atoms with van der Waals surface area (Å²) in [4.78, 5) is 15.7. The summed E-state index contributed by atoms with van der Waals surface area (Å²) in [6.45, 7) is 0. The first-order valence-corrected chi connectivity index (χ1v) is 5.79. The van der Waals surface area contributed by atoms with Gasteiger partial charge in [-0.25, -0.2) is 5.43 Å². The lowest BCUT2D eigenvalue weighted by molar-refractivity contribution is 0.0949. The zero-order valence-electron chi connectivity index (χ0n) is 9.34. The molecule has 0 aliphatic heterocycles. The zero-order valence-corrected chi connectivity index (χ0v) is 9.34. The molecule has 1 saturated carbocycles. The summed E-state index contributed by atoms with van der Waals surface area (Å²) in [5.41, 5.74) is 4.07. The van der Waals surface area contributed by atoms with Crippen LogP contribution in [0, 0.1) is 11.8 Å². The van der Waals surface area contributed by atoms with Crippen molar-refractivity contribution in [2.75, 3.05) is 0 Å². The highest BCUT2D eigenvalue weighted by Gasteiger charge is 2.37. The Morgan fingerprint density at radius 1 is 1.47 bits per heavy atom.